The number of fused-ring (bicyclic) bond motifs is 1. The molecular weight excluding hydrogens is 320 g/mol. The van der Waals surface area contributed by atoms with Gasteiger partial charge < -0.3 is 9.64 Å². The third-order valence-corrected chi connectivity index (χ3v) is 5.16. The van der Waals surface area contributed by atoms with Crippen LogP contribution in [0.1, 0.15) is 23.2 Å². The lowest BCUT2D eigenvalue weighted by Gasteiger charge is -2.27. The number of imide groups is 1. The molecule has 6 nitrogen and oxygen atoms in total. The van der Waals surface area contributed by atoms with Gasteiger partial charge in [-0.15, -0.1) is 0 Å². The smallest absolute Gasteiger partial charge is 0.254 e. The van der Waals surface area contributed by atoms with Crippen molar-refractivity contribution in [3.05, 3.63) is 42.0 Å². The van der Waals surface area contributed by atoms with Crippen molar-refractivity contribution < 1.29 is 19.1 Å². The van der Waals surface area contributed by atoms with E-state index in [9.17, 15) is 14.4 Å². The maximum atomic E-state index is 12.7. The fraction of sp³-hybridized carbons (Fsp3) is 0.421. The van der Waals surface area contributed by atoms with Gasteiger partial charge in [0.1, 0.15) is 0 Å². The van der Waals surface area contributed by atoms with Crippen molar-refractivity contribution in [1.29, 1.82) is 0 Å². The molecule has 3 aliphatic rings. The van der Waals surface area contributed by atoms with E-state index < -0.39 is 0 Å². The van der Waals surface area contributed by atoms with E-state index in [-0.39, 0.29) is 29.6 Å². The van der Waals surface area contributed by atoms with Crippen LogP contribution < -0.4 is 4.90 Å². The van der Waals surface area contributed by atoms with Crippen LogP contribution in [0.3, 0.4) is 0 Å². The summed E-state index contributed by atoms with van der Waals surface area (Å²) in [6.45, 7) is 2.18. The first-order valence-electron chi connectivity index (χ1n) is 8.66. The van der Waals surface area contributed by atoms with Gasteiger partial charge in [-0.05, 0) is 31.0 Å². The van der Waals surface area contributed by atoms with Gasteiger partial charge in [-0.3, -0.25) is 19.3 Å². The summed E-state index contributed by atoms with van der Waals surface area (Å²) in [6, 6.07) is 6.82. The molecule has 2 aliphatic heterocycles. The zero-order valence-electron chi connectivity index (χ0n) is 13.9. The summed E-state index contributed by atoms with van der Waals surface area (Å²) in [4.78, 5) is 41.0. The first-order chi connectivity index (χ1) is 12.2. The standard InChI is InChI=1S/C19H20N2O4/c22-17(20-8-10-25-11-9-20)13-4-3-5-14(12-13)21-18(23)15-6-1-2-7-16(15)19(21)24/h1-5,12,15-16H,6-11H2/t15-,16-/m1/s1. The van der Waals surface area contributed by atoms with Gasteiger partial charge in [-0.25, -0.2) is 0 Å². The maximum Gasteiger partial charge on any atom is 0.254 e. The van der Waals surface area contributed by atoms with Crippen LogP contribution in [-0.4, -0.2) is 48.9 Å². The highest BCUT2D eigenvalue weighted by Gasteiger charge is 2.47. The number of ether oxygens (including phenoxy) is 1. The molecule has 3 amide bonds. The summed E-state index contributed by atoms with van der Waals surface area (Å²) in [5, 5.41) is 0. The fourth-order valence-corrected chi connectivity index (χ4v) is 3.78. The lowest BCUT2D eigenvalue weighted by molar-refractivity contribution is -0.122. The maximum absolute atomic E-state index is 12.7. The van der Waals surface area contributed by atoms with Crippen LogP contribution in [0.5, 0.6) is 0 Å². The molecule has 0 unspecified atom stereocenters. The third-order valence-electron chi connectivity index (χ3n) is 5.16. The van der Waals surface area contributed by atoms with E-state index in [2.05, 4.69) is 0 Å². The lowest BCUT2D eigenvalue weighted by atomic mass is 9.85. The Morgan fingerprint density at radius 2 is 1.64 bits per heavy atom. The molecule has 6 heteroatoms. The lowest BCUT2D eigenvalue weighted by Crippen LogP contribution is -2.40. The Labute approximate surface area is 146 Å². The van der Waals surface area contributed by atoms with E-state index in [1.54, 1.807) is 29.2 Å². The number of benzene rings is 1. The van der Waals surface area contributed by atoms with Crippen molar-refractivity contribution in [2.24, 2.45) is 11.8 Å². The zero-order valence-corrected chi connectivity index (χ0v) is 13.9. The van der Waals surface area contributed by atoms with Gasteiger partial charge in [-0.2, -0.15) is 0 Å². The van der Waals surface area contributed by atoms with Gasteiger partial charge >= 0.3 is 0 Å². The number of carbonyl (C=O) groups excluding carboxylic acids is 3. The molecule has 2 fully saturated rings. The summed E-state index contributed by atoms with van der Waals surface area (Å²) in [7, 11) is 0. The summed E-state index contributed by atoms with van der Waals surface area (Å²) >= 11 is 0. The van der Waals surface area contributed by atoms with Crippen molar-refractivity contribution >= 4 is 23.4 Å². The number of hydrogen-bond acceptors (Lipinski definition) is 4. The minimum atomic E-state index is -0.267. The number of rotatable bonds is 2. The van der Waals surface area contributed by atoms with Crippen molar-refractivity contribution in [1.82, 2.24) is 4.90 Å². The van der Waals surface area contributed by atoms with E-state index in [1.165, 1.54) is 4.90 Å². The average Bonchev–Trinajstić information content (AvgIpc) is 2.93. The number of morpholine rings is 1. The summed E-state index contributed by atoms with van der Waals surface area (Å²) < 4.78 is 5.28. The van der Waals surface area contributed by atoms with Crippen molar-refractivity contribution in [3.63, 3.8) is 0 Å². The largest absolute Gasteiger partial charge is 0.378 e. The molecule has 0 aromatic heterocycles. The van der Waals surface area contributed by atoms with Gasteiger partial charge in [0.2, 0.25) is 11.8 Å². The molecule has 0 bridgehead atoms. The zero-order chi connectivity index (χ0) is 17.4. The van der Waals surface area contributed by atoms with Crippen LogP contribution in [0.15, 0.2) is 36.4 Å². The molecule has 25 heavy (non-hydrogen) atoms. The second-order valence-electron chi connectivity index (χ2n) is 6.62. The highest BCUT2D eigenvalue weighted by molar-refractivity contribution is 6.22. The summed E-state index contributed by atoms with van der Waals surface area (Å²) in [6.07, 6.45) is 5.15. The molecular formula is C19H20N2O4. The predicted octanol–water partition coefficient (Wildman–Crippen LogP) is 1.61. The van der Waals surface area contributed by atoms with E-state index in [1.807, 2.05) is 12.2 Å². The Bertz CT molecular complexity index is 726. The molecule has 0 spiro atoms. The molecule has 2 saturated heterocycles. The number of hydrogen-bond donors (Lipinski definition) is 0. The van der Waals surface area contributed by atoms with Crippen molar-refractivity contribution in [2.75, 3.05) is 31.2 Å². The normalized spacial score (nSPS) is 26.1. The summed E-state index contributed by atoms with van der Waals surface area (Å²) in [5.41, 5.74) is 0.983. The predicted molar refractivity (Wildman–Crippen MR) is 91.0 cm³/mol. The first-order valence-corrected chi connectivity index (χ1v) is 8.66. The van der Waals surface area contributed by atoms with Gasteiger partial charge in [0.15, 0.2) is 0 Å². The highest BCUT2D eigenvalue weighted by atomic mass is 16.5. The van der Waals surface area contributed by atoms with Crippen LogP contribution in [0.4, 0.5) is 5.69 Å². The molecule has 1 aliphatic carbocycles. The average molecular weight is 340 g/mol. The highest BCUT2D eigenvalue weighted by Crippen LogP contribution is 2.37. The van der Waals surface area contributed by atoms with E-state index in [0.717, 1.165) is 0 Å². The van der Waals surface area contributed by atoms with Crippen LogP contribution >= 0.6 is 0 Å². The summed E-state index contributed by atoms with van der Waals surface area (Å²) in [5.74, 6) is -0.943. The fourth-order valence-electron chi connectivity index (χ4n) is 3.78. The second-order valence-corrected chi connectivity index (χ2v) is 6.62. The Balaban J connectivity index is 1.60. The van der Waals surface area contributed by atoms with Gasteiger partial charge in [0.05, 0.1) is 30.7 Å². The molecule has 2 heterocycles. The SMILES string of the molecule is O=C(c1cccc(N2C(=O)[C@@H]3CC=CC[C@H]3C2=O)c1)N1CCOCC1. The molecule has 0 radical (unpaired) electrons. The van der Waals surface area contributed by atoms with Crippen LogP contribution in [0.2, 0.25) is 0 Å². The topological polar surface area (TPSA) is 66.9 Å². The van der Waals surface area contributed by atoms with Crippen molar-refractivity contribution in [3.8, 4) is 0 Å². The Hall–Kier alpha value is -2.47. The molecule has 4 rings (SSSR count). The first kappa shape index (κ1) is 16.0. The Morgan fingerprint density at radius 1 is 1.00 bits per heavy atom. The number of anilines is 1. The number of allylic oxidation sites excluding steroid dienone is 2. The van der Waals surface area contributed by atoms with E-state index in [4.69, 9.17) is 4.74 Å². The van der Waals surface area contributed by atoms with Crippen molar-refractivity contribution in [2.45, 2.75) is 12.8 Å². The van der Waals surface area contributed by atoms with Gasteiger partial charge in [-0.1, -0.05) is 18.2 Å². The number of nitrogens with zero attached hydrogens (tertiary/aromatic N) is 2. The Kier molecular flexibility index (Phi) is 4.13. The van der Waals surface area contributed by atoms with E-state index in [0.29, 0.717) is 50.4 Å². The minimum Gasteiger partial charge on any atom is -0.378 e. The molecule has 1 aromatic rings. The Morgan fingerprint density at radius 3 is 2.28 bits per heavy atom. The van der Waals surface area contributed by atoms with Crippen LogP contribution in [0, 0.1) is 11.8 Å². The minimum absolute atomic E-state index is 0.0941. The second kappa shape index (κ2) is 6.44. The molecule has 1 aromatic carbocycles. The quantitative estimate of drug-likeness (QED) is 0.606. The van der Waals surface area contributed by atoms with Crippen LogP contribution in [-0.2, 0) is 14.3 Å². The molecule has 130 valence electrons. The molecule has 0 saturated carbocycles. The molecule has 0 N–H and O–H groups in total. The van der Waals surface area contributed by atoms with Gasteiger partial charge in [0, 0.05) is 18.7 Å². The number of carbonyl (C=O) groups is 3. The molecule has 2 atom stereocenters. The number of amides is 3. The van der Waals surface area contributed by atoms with Gasteiger partial charge in [0.25, 0.3) is 5.91 Å². The van der Waals surface area contributed by atoms with Crippen LogP contribution in [0.25, 0.3) is 0 Å². The van der Waals surface area contributed by atoms with E-state index >= 15 is 0 Å². The monoisotopic (exact) mass is 340 g/mol. The third kappa shape index (κ3) is 2.76.